The Balaban J connectivity index is 1.36. The topological polar surface area (TPSA) is 167 Å². The molecule has 3 aromatic rings. The molecule has 3 aromatic carbocycles. The van der Waals surface area contributed by atoms with Gasteiger partial charge in [-0.3, -0.25) is 28.9 Å². The summed E-state index contributed by atoms with van der Waals surface area (Å²) >= 11 is 0. The van der Waals surface area contributed by atoms with E-state index in [9.17, 15) is 34.2 Å². The van der Waals surface area contributed by atoms with Gasteiger partial charge in [0, 0.05) is 19.0 Å². The maximum Gasteiger partial charge on any atom is 0.235 e. The van der Waals surface area contributed by atoms with Crippen LogP contribution in [0.25, 0.3) is 11.1 Å². The molecular formula is C35H35N3O7. The highest BCUT2D eigenvalue weighted by Crippen LogP contribution is 2.51. The monoisotopic (exact) mass is 609 g/mol. The molecule has 3 aliphatic carbocycles. The number of phenolic OH excluding ortho intramolecular Hbond substituents is 1. The summed E-state index contributed by atoms with van der Waals surface area (Å²) < 4.78 is 0. The Morgan fingerprint density at radius 2 is 1.64 bits per heavy atom. The number of ketones is 4. The molecule has 45 heavy (non-hydrogen) atoms. The fourth-order valence-corrected chi connectivity index (χ4v) is 7.67. The lowest BCUT2D eigenvalue weighted by Crippen LogP contribution is -2.74. The van der Waals surface area contributed by atoms with Crippen LogP contribution < -0.4 is 11.1 Å². The van der Waals surface area contributed by atoms with E-state index in [4.69, 9.17) is 5.73 Å². The largest absolute Gasteiger partial charge is 0.507 e. The molecule has 232 valence electrons. The van der Waals surface area contributed by atoms with Crippen LogP contribution in [0.4, 0.5) is 0 Å². The van der Waals surface area contributed by atoms with Gasteiger partial charge >= 0.3 is 0 Å². The van der Waals surface area contributed by atoms with Gasteiger partial charge in [-0.2, -0.15) is 0 Å². The van der Waals surface area contributed by atoms with Gasteiger partial charge in [0.1, 0.15) is 5.75 Å². The molecule has 5 N–H and O–H groups in total. The summed E-state index contributed by atoms with van der Waals surface area (Å²) in [4.78, 5) is 68.5. The van der Waals surface area contributed by atoms with Crippen LogP contribution in [0.2, 0.25) is 0 Å². The van der Waals surface area contributed by atoms with Crippen molar-refractivity contribution in [3.05, 3.63) is 89.0 Å². The van der Waals surface area contributed by atoms with Gasteiger partial charge in [-0.1, -0.05) is 54.6 Å². The van der Waals surface area contributed by atoms with Crippen molar-refractivity contribution in [2.45, 2.75) is 37.6 Å². The van der Waals surface area contributed by atoms with E-state index in [1.54, 1.807) is 20.2 Å². The Hall–Kier alpha value is -4.51. The van der Waals surface area contributed by atoms with Gasteiger partial charge in [-0.25, -0.2) is 0 Å². The minimum Gasteiger partial charge on any atom is -0.507 e. The Labute approximate surface area is 260 Å². The lowest BCUT2D eigenvalue weighted by molar-refractivity contribution is -0.181. The number of hydrogen-bond donors (Lipinski definition) is 4. The van der Waals surface area contributed by atoms with Crippen LogP contribution in [0.1, 0.15) is 33.5 Å². The van der Waals surface area contributed by atoms with Crippen molar-refractivity contribution in [2.24, 2.45) is 29.4 Å². The number of aliphatic hydroxyl groups is 1. The zero-order chi connectivity index (χ0) is 32.2. The fraction of sp³-hybridized carbons (Fsp3) is 0.343. The Bertz CT molecular complexity index is 1740. The lowest BCUT2D eigenvalue weighted by atomic mass is 9.52. The summed E-state index contributed by atoms with van der Waals surface area (Å²) in [7, 11) is 3.12. The van der Waals surface area contributed by atoms with E-state index in [0.717, 1.165) is 22.3 Å². The second kappa shape index (κ2) is 11.4. The number of amides is 1. The SMILES string of the molecule is CN(C)[C@@H]1C(=O)C(C(N)=O)C(=O)[C@@]2(O)C(=O)C3C(=O)c4c(O)ccc(-c5cccc(CNCc6ccccc6)c5)c4C[C@H]3C[C@@H]12. The number of fused-ring (bicyclic) bond motifs is 3. The van der Waals surface area contributed by atoms with E-state index >= 15 is 0 Å². The van der Waals surface area contributed by atoms with Crippen LogP contribution >= 0.6 is 0 Å². The maximum absolute atomic E-state index is 14.0. The van der Waals surface area contributed by atoms with Crippen LogP contribution in [-0.2, 0) is 38.7 Å². The molecule has 2 fully saturated rings. The number of carbonyl (C=O) groups excluding carboxylic acids is 5. The van der Waals surface area contributed by atoms with Gasteiger partial charge in [0.2, 0.25) is 5.91 Å². The number of Topliss-reactive ketones (excluding diaryl/α,β-unsaturated/α-hetero) is 4. The van der Waals surface area contributed by atoms with Crippen LogP contribution in [0.5, 0.6) is 5.75 Å². The van der Waals surface area contributed by atoms with Gasteiger partial charge in [0.15, 0.2) is 34.7 Å². The summed E-state index contributed by atoms with van der Waals surface area (Å²) in [5.41, 5.74) is 6.91. The summed E-state index contributed by atoms with van der Waals surface area (Å²) in [5.74, 6) is -10.6. The smallest absolute Gasteiger partial charge is 0.235 e. The number of likely N-dealkylation sites (N-methyl/N-ethyl adjacent to an activating group) is 1. The number of aromatic hydroxyl groups is 1. The first-order valence-electron chi connectivity index (χ1n) is 15.0. The second-order valence-electron chi connectivity index (χ2n) is 12.6. The van der Waals surface area contributed by atoms with E-state index in [2.05, 4.69) is 5.32 Å². The van der Waals surface area contributed by atoms with Crippen molar-refractivity contribution < 1.29 is 34.2 Å². The van der Waals surface area contributed by atoms with E-state index in [1.807, 2.05) is 54.6 Å². The Morgan fingerprint density at radius 1 is 0.956 bits per heavy atom. The van der Waals surface area contributed by atoms with Crippen LogP contribution in [0.15, 0.2) is 66.7 Å². The van der Waals surface area contributed by atoms with E-state index < -0.39 is 64.4 Å². The van der Waals surface area contributed by atoms with Crippen molar-refractivity contribution in [1.82, 2.24) is 10.2 Å². The average molecular weight is 610 g/mol. The van der Waals surface area contributed by atoms with Crippen molar-refractivity contribution >= 4 is 29.0 Å². The zero-order valence-corrected chi connectivity index (χ0v) is 25.0. The van der Waals surface area contributed by atoms with Gasteiger partial charge < -0.3 is 21.3 Å². The molecule has 0 saturated heterocycles. The van der Waals surface area contributed by atoms with Crippen molar-refractivity contribution in [2.75, 3.05) is 14.1 Å². The third-order valence-corrected chi connectivity index (χ3v) is 9.68. The third-order valence-electron chi connectivity index (χ3n) is 9.68. The second-order valence-corrected chi connectivity index (χ2v) is 12.6. The Morgan fingerprint density at radius 3 is 2.33 bits per heavy atom. The number of primary amides is 1. The summed E-state index contributed by atoms with van der Waals surface area (Å²) in [5, 5.41) is 26.1. The molecule has 0 radical (unpaired) electrons. The fourth-order valence-electron chi connectivity index (χ4n) is 7.67. The van der Waals surface area contributed by atoms with Gasteiger partial charge in [-0.05, 0) is 72.8 Å². The zero-order valence-electron chi connectivity index (χ0n) is 25.0. The highest BCUT2D eigenvalue weighted by atomic mass is 16.3. The molecule has 2 unspecified atom stereocenters. The number of benzene rings is 3. The first kappa shape index (κ1) is 30.5. The van der Waals surface area contributed by atoms with Crippen LogP contribution in [0, 0.1) is 23.7 Å². The van der Waals surface area contributed by atoms with Gasteiger partial charge in [0.25, 0.3) is 0 Å². The first-order chi connectivity index (χ1) is 21.4. The van der Waals surface area contributed by atoms with Gasteiger partial charge in [0.05, 0.1) is 17.5 Å². The molecule has 3 aliphatic rings. The normalized spacial score (nSPS) is 27.6. The van der Waals surface area contributed by atoms with E-state index in [0.29, 0.717) is 18.7 Å². The summed E-state index contributed by atoms with van der Waals surface area (Å²) in [6.07, 6.45) is 0.203. The quantitative estimate of drug-likeness (QED) is 0.292. The molecule has 6 atom stereocenters. The van der Waals surface area contributed by atoms with Crippen molar-refractivity contribution in [1.29, 1.82) is 0 Å². The average Bonchev–Trinajstić information content (AvgIpc) is 2.99. The molecule has 0 aromatic heterocycles. The summed E-state index contributed by atoms with van der Waals surface area (Å²) in [6, 6.07) is 19.9. The Kier molecular flexibility index (Phi) is 7.76. The van der Waals surface area contributed by atoms with Crippen molar-refractivity contribution in [3.63, 3.8) is 0 Å². The molecule has 0 bridgehead atoms. The van der Waals surface area contributed by atoms with Crippen LogP contribution in [0.3, 0.4) is 0 Å². The van der Waals surface area contributed by atoms with E-state index in [1.165, 1.54) is 11.0 Å². The highest BCUT2D eigenvalue weighted by molar-refractivity contribution is 6.32. The standard InChI is InChI=1S/C35H35N3O7/c1-38(2)29-24-15-21-14-23-22(20-10-6-9-19(13-20)17-37-16-18-7-4-3-5-8-18)11-12-25(39)27(23)30(40)26(21)32(42)35(24,45)33(43)28(31(29)41)34(36)44/h3-13,21,24,26,28-29,37,39,45H,14-17H2,1-2H3,(H2,36,44)/t21-,24-,26?,28?,29-,35-/m0/s1. The molecule has 0 spiro atoms. The molecule has 1 amide bonds. The molecule has 6 rings (SSSR count). The first-order valence-corrected chi connectivity index (χ1v) is 15.0. The number of carbonyl (C=O) groups is 5. The molecule has 2 saturated carbocycles. The molecule has 10 nitrogen and oxygen atoms in total. The number of hydrogen-bond acceptors (Lipinski definition) is 9. The molecule has 0 heterocycles. The van der Waals surface area contributed by atoms with E-state index in [-0.39, 0.29) is 24.2 Å². The number of phenols is 1. The highest BCUT2D eigenvalue weighted by Gasteiger charge is 2.69. The lowest BCUT2D eigenvalue weighted by Gasteiger charge is -2.52. The third kappa shape index (κ3) is 4.89. The predicted molar refractivity (Wildman–Crippen MR) is 164 cm³/mol. The minimum atomic E-state index is -2.74. The van der Waals surface area contributed by atoms with Crippen molar-refractivity contribution in [3.8, 4) is 16.9 Å². The molecular weight excluding hydrogens is 574 g/mol. The minimum absolute atomic E-state index is 0.00242. The number of nitrogens with one attached hydrogen (secondary N) is 1. The predicted octanol–water partition coefficient (Wildman–Crippen LogP) is 1.82. The summed E-state index contributed by atoms with van der Waals surface area (Å²) in [6.45, 7) is 1.29. The number of nitrogens with two attached hydrogens (primary N) is 1. The molecule has 0 aliphatic heterocycles. The number of rotatable bonds is 7. The number of nitrogens with zero attached hydrogens (tertiary/aromatic N) is 1. The molecule has 10 heteroatoms. The van der Waals surface area contributed by atoms with Crippen LogP contribution in [-0.4, -0.2) is 69.9 Å². The maximum atomic E-state index is 14.0. The van der Waals surface area contributed by atoms with Gasteiger partial charge in [-0.15, -0.1) is 0 Å².